The van der Waals surface area contributed by atoms with E-state index in [4.69, 9.17) is 5.73 Å². The molecule has 1 aliphatic rings. The first kappa shape index (κ1) is 12.8. The Morgan fingerprint density at radius 1 is 1.40 bits per heavy atom. The van der Waals surface area contributed by atoms with Crippen LogP contribution in [0.3, 0.4) is 0 Å². The van der Waals surface area contributed by atoms with Crippen LogP contribution in [0.25, 0.3) is 11.3 Å². The minimum Gasteiger partial charge on any atom is -0.383 e. The van der Waals surface area contributed by atoms with Gasteiger partial charge >= 0.3 is 0 Å². The van der Waals surface area contributed by atoms with Crippen LogP contribution in [0.1, 0.15) is 24.6 Å². The normalized spacial score (nSPS) is 14.5. The lowest BCUT2D eigenvalue weighted by molar-refractivity contribution is 0.585. The van der Waals surface area contributed by atoms with Crippen molar-refractivity contribution in [2.45, 2.75) is 25.3 Å². The summed E-state index contributed by atoms with van der Waals surface area (Å²) in [5.74, 6) is 0.382. The van der Waals surface area contributed by atoms with Gasteiger partial charge in [0.05, 0.1) is 0 Å². The highest BCUT2D eigenvalue weighted by Gasteiger charge is 2.31. The van der Waals surface area contributed by atoms with Crippen molar-refractivity contribution < 1.29 is 8.78 Å². The third-order valence-corrected chi connectivity index (χ3v) is 3.48. The van der Waals surface area contributed by atoms with E-state index in [0.717, 1.165) is 24.7 Å². The SMILES string of the molecule is C=CCn1c(C2CC2)nc(-c2ccc(F)cc2F)c1N. The van der Waals surface area contributed by atoms with E-state index >= 15 is 0 Å². The van der Waals surface area contributed by atoms with Gasteiger partial charge in [0.15, 0.2) is 0 Å². The fraction of sp³-hybridized carbons (Fsp3) is 0.267. The number of nitrogen functional groups attached to an aromatic ring is 1. The molecule has 1 aromatic carbocycles. The molecule has 1 saturated carbocycles. The molecule has 104 valence electrons. The molecule has 1 aromatic heterocycles. The number of anilines is 1. The topological polar surface area (TPSA) is 43.8 Å². The lowest BCUT2D eigenvalue weighted by Gasteiger charge is -2.06. The van der Waals surface area contributed by atoms with Gasteiger partial charge in [0.2, 0.25) is 0 Å². The Kier molecular flexibility index (Phi) is 3.04. The Hall–Kier alpha value is -2.17. The zero-order chi connectivity index (χ0) is 14.3. The first-order chi connectivity index (χ1) is 9.61. The van der Waals surface area contributed by atoms with Crippen LogP contribution < -0.4 is 5.73 Å². The van der Waals surface area contributed by atoms with Gasteiger partial charge in [-0.3, -0.25) is 0 Å². The molecule has 20 heavy (non-hydrogen) atoms. The van der Waals surface area contributed by atoms with E-state index in [2.05, 4.69) is 11.6 Å². The molecule has 1 heterocycles. The standard InChI is InChI=1S/C15H15F2N3/c1-2-7-20-14(18)13(19-15(20)9-3-4-9)11-6-5-10(16)8-12(11)17/h2,5-6,8-9H,1,3-4,7,18H2. The van der Waals surface area contributed by atoms with Gasteiger partial charge in [-0.05, 0) is 25.0 Å². The van der Waals surface area contributed by atoms with Gasteiger partial charge in [0.25, 0.3) is 0 Å². The first-order valence-electron chi connectivity index (χ1n) is 6.54. The van der Waals surface area contributed by atoms with E-state index in [-0.39, 0.29) is 5.56 Å². The summed E-state index contributed by atoms with van der Waals surface area (Å²) < 4.78 is 28.7. The largest absolute Gasteiger partial charge is 0.383 e. The quantitative estimate of drug-likeness (QED) is 0.868. The minimum atomic E-state index is -0.651. The van der Waals surface area contributed by atoms with Crippen molar-refractivity contribution >= 4 is 5.82 Å². The molecule has 1 aliphatic carbocycles. The van der Waals surface area contributed by atoms with Gasteiger partial charge in [0, 0.05) is 24.1 Å². The summed E-state index contributed by atoms with van der Waals surface area (Å²) in [6, 6.07) is 3.43. The fourth-order valence-corrected chi connectivity index (χ4v) is 2.34. The summed E-state index contributed by atoms with van der Waals surface area (Å²) in [4.78, 5) is 4.48. The Labute approximate surface area is 115 Å². The molecule has 0 bridgehead atoms. The van der Waals surface area contributed by atoms with Crippen molar-refractivity contribution in [1.82, 2.24) is 9.55 Å². The maximum absolute atomic E-state index is 13.9. The molecule has 2 aromatic rings. The monoisotopic (exact) mass is 275 g/mol. The summed E-state index contributed by atoms with van der Waals surface area (Å²) in [7, 11) is 0. The summed E-state index contributed by atoms with van der Waals surface area (Å²) >= 11 is 0. The Morgan fingerprint density at radius 2 is 2.15 bits per heavy atom. The van der Waals surface area contributed by atoms with Crippen LogP contribution in [0.15, 0.2) is 30.9 Å². The van der Waals surface area contributed by atoms with E-state index in [1.807, 2.05) is 4.57 Å². The van der Waals surface area contributed by atoms with Gasteiger partial charge in [-0.25, -0.2) is 13.8 Å². The van der Waals surface area contributed by atoms with E-state index in [9.17, 15) is 8.78 Å². The van der Waals surface area contributed by atoms with E-state index < -0.39 is 11.6 Å². The highest BCUT2D eigenvalue weighted by atomic mass is 19.1. The smallest absolute Gasteiger partial charge is 0.135 e. The lowest BCUT2D eigenvalue weighted by Crippen LogP contribution is -2.05. The molecule has 0 saturated heterocycles. The molecule has 1 fully saturated rings. The number of hydrogen-bond donors (Lipinski definition) is 1. The number of benzene rings is 1. The zero-order valence-electron chi connectivity index (χ0n) is 10.9. The van der Waals surface area contributed by atoms with Crippen LogP contribution in [-0.2, 0) is 6.54 Å². The molecule has 3 rings (SSSR count). The van der Waals surface area contributed by atoms with Crippen LogP contribution in [-0.4, -0.2) is 9.55 Å². The minimum absolute atomic E-state index is 0.230. The van der Waals surface area contributed by atoms with Crippen LogP contribution in [0.5, 0.6) is 0 Å². The molecule has 3 nitrogen and oxygen atoms in total. The highest BCUT2D eigenvalue weighted by Crippen LogP contribution is 2.42. The number of nitrogens with two attached hydrogens (primary N) is 1. The molecule has 0 unspecified atom stereocenters. The van der Waals surface area contributed by atoms with Crippen LogP contribution in [0, 0.1) is 11.6 Å². The fourth-order valence-electron chi connectivity index (χ4n) is 2.34. The molecule has 0 atom stereocenters. The van der Waals surface area contributed by atoms with Gasteiger partial charge in [-0.2, -0.15) is 0 Å². The second-order valence-electron chi connectivity index (χ2n) is 5.00. The van der Waals surface area contributed by atoms with Gasteiger partial charge in [0.1, 0.15) is 29.0 Å². The van der Waals surface area contributed by atoms with Crippen LogP contribution in [0.4, 0.5) is 14.6 Å². The average molecular weight is 275 g/mol. The van der Waals surface area contributed by atoms with Crippen molar-refractivity contribution in [2.75, 3.05) is 5.73 Å². The Bertz CT molecular complexity index is 672. The Morgan fingerprint density at radius 3 is 2.75 bits per heavy atom. The number of aromatic nitrogens is 2. The molecule has 5 heteroatoms. The predicted octanol–water partition coefficient (Wildman–Crippen LogP) is 3.47. The number of rotatable bonds is 4. The third-order valence-electron chi connectivity index (χ3n) is 3.48. The van der Waals surface area contributed by atoms with Crippen molar-refractivity contribution in [1.29, 1.82) is 0 Å². The third kappa shape index (κ3) is 2.09. The van der Waals surface area contributed by atoms with Crippen molar-refractivity contribution in [2.24, 2.45) is 0 Å². The first-order valence-corrected chi connectivity index (χ1v) is 6.54. The second kappa shape index (κ2) is 4.74. The number of hydrogen-bond acceptors (Lipinski definition) is 2. The average Bonchev–Trinajstić information content (AvgIpc) is 3.19. The molecule has 0 amide bonds. The predicted molar refractivity (Wildman–Crippen MR) is 74.2 cm³/mol. The second-order valence-corrected chi connectivity index (χ2v) is 5.00. The van der Waals surface area contributed by atoms with Crippen molar-refractivity contribution in [3.05, 3.63) is 48.3 Å². The molecular weight excluding hydrogens is 260 g/mol. The summed E-state index contributed by atoms with van der Waals surface area (Å²) in [6.07, 6.45) is 3.87. The van der Waals surface area contributed by atoms with Crippen molar-refractivity contribution in [3.8, 4) is 11.3 Å². The zero-order valence-corrected chi connectivity index (χ0v) is 10.9. The molecule has 0 aliphatic heterocycles. The maximum Gasteiger partial charge on any atom is 0.135 e. The van der Waals surface area contributed by atoms with E-state index in [1.54, 1.807) is 6.08 Å². The summed E-state index contributed by atoms with van der Waals surface area (Å²) in [5, 5.41) is 0. The van der Waals surface area contributed by atoms with Crippen LogP contribution >= 0.6 is 0 Å². The van der Waals surface area contributed by atoms with Gasteiger partial charge in [-0.1, -0.05) is 6.08 Å². The molecular formula is C15H15F2N3. The number of halogens is 2. The number of imidazole rings is 1. The van der Waals surface area contributed by atoms with Gasteiger partial charge < -0.3 is 10.3 Å². The summed E-state index contributed by atoms with van der Waals surface area (Å²) in [6.45, 7) is 4.24. The van der Waals surface area contributed by atoms with Crippen molar-refractivity contribution in [3.63, 3.8) is 0 Å². The Balaban J connectivity index is 2.13. The van der Waals surface area contributed by atoms with Gasteiger partial charge in [-0.15, -0.1) is 6.58 Å². The molecule has 0 spiro atoms. The molecule has 0 radical (unpaired) electrons. The van der Waals surface area contributed by atoms with E-state index in [1.165, 1.54) is 12.1 Å². The van der Waals surface area contributed by atoms with E-state index in [0.29, 0.717) is 24.0 Å². The van der Waals surface area contributed by atoms with Crippen LogP contribution in [0.2, 0.25) is 0 Å². The molecule has 2 N–H and O–H groups in total. The highest BCUT2D eigenvalue weighted by molar-refractivity contribution is 5.71. The maximum atomic E-state index is 13.9. The lowest BCUT2D eigenvalue weighted by atomic mass is 10.1. The number of allylic oxidation sites excluding steroid dienone is 1. The summed E-state index contributed by atoms with van der Waals surface area (Å²) in [5.41, 5.74) is 6.70. The number of nitrogens with zero attached hydrogens (tertiary/aromatic N) is 2.